The van der Waals surface area contributed by atoms with Crippen LogP contribution in [0, 0.1) is 0 Å². The van der Waals surface area contributed by atoms with Gasteiger partial charge in [0.2, 0.25) is 5.91 Å². The van der Waals surface area contributed by atoms with E-state index in [9.17, 15) is 19.0 Å². The van der Waals surface area contributed by atoms with Crippen molar-refractivity contribution in [2.45, 2.75) is 213 Å². The molecule has 9 nitrogen and oxygen atoms in total. The summed E-state index contributed by atoms with van der Waals surface area (Å²) in [5.41, 5.74) is 0. The van der Waals surface area contributed by atoms with E-state index in [2.05, 4.69) is 111 Å². The van der Waals surface area contributed by atoms with Crippen LogP contribution in [0.2, 0.25) is 0 Å². The fourth-order valence-corrected chi connectivity index (χ4v) is 7.84. The number of ether oxygens (including phenoxy) is 1. The standard InChI is InChI=1S/C59H101N2O7P/c1-7-10-13-16-19-22-25-28-30-32-33-36-39-42-45-48-51-58(62)60-56(55-67-69(64,65)66-54-53-61(4,5)6)57(50-47-44-41-38-35-27-24-21-18-15-12-9-3)68-59(63)52-49-46-43-40-37-34-31-29-26-23-20-17-14-11-8-2/h10-11,13-14,17,19-20,22-23,26,28,30,33,36,42,45,47,50,56-57H,7-9,12,15-16,18,21,24-25,27,29,31-32,34-35,37-41,43-44,46,48-49,51-55H2,1-6H3,(H-,60,62,64,65)/p+1/b13-10+,14-11+,20-17+,22-19+,26-23+,30-28+,36-33+,45-42+,50-47+. The second kappa shape index (κ2) is 48.3. The Bertz CT molecular complexity index is 1550. The molecule has 0 bridgehead atoms. The zero-order chi connectivity index (χ0) is 50.8. The molecule has 0 rings (SSSR count). The number of unbranched alkanes of at least 4 members (excludes halogenated alkanes) is 17. The van der Waals surface area contributed by atoms with Gasteiger partial charge in [-0.1, -0.05) is 214 Å². The van der Waals surface area contributed by atoms with Crippen LogP contribution in [0.3, 0.4) is 0 Å². The van der Waals surface area contributed by atoms with E-state index in [1.54, 1.807) is 0 Å². The summed E-state index contributed by atoms with van der Waals surface area (Å²) in [7, 11) is 1.43. The molecule has 394 valence electrons. The first-order chi connectivity index (χ1) is 33.4. The van der Waals surface area contributed by atoms with Crippen LogP contribution in [-0.4, -0.2) is 74.3 Å². The van der Waals surface area contributed by atoms with Crippen molar-refractivity contribution in [2.24, 2.45) is 0 Å². The summed E-state index contributed by atoms with van der Waals surface area (Å²) in [5, 5.41) is 2.99. The van der Waals surface area contributed by atoms with Gasteiger partial charge >= 0.3 is 13.8 Å². The highest BCUT2D eigenvalue weighted by Crippen LogP contribution is 2.43. The van der Waals surface area contributed by atoms with E-state index >= 15 is 0 Å². The normalized spacial score (nSPS) is 14.7. The average Bonchev–Trinajstić information content (AvgIpc) is 3.31. The van der Waals surface area contributed by atoms with Crippen LogP contribution in [-0.2, 0) is 27.9 Å². The lowest BCUT2D eigenvalue weighted by Crippen LogP contribution is -2.47. The second-order valence-corrected chi connectivity index (χ2v) is 20.5. The fraction of sp³-hybridized carbons (Fsp3) is 0.661. The summed E-state index contributed by atoms with van der Waals surface area (Å²) in [6, 6.07) is -0.898. The third-order valence-corrected chi connectivity index (χ3v) is 12.3. The Labute approximate surface area is 423 Å². The Morgan fingerprint density at radius 2 is 1.01 bits per heavy atom. The molecule has 3 unspecified atom stereocenters. The van der Waals surface area contributed by atoms with Gasteiger partial charge in [-0.2, -0.15) is 0 Å². The van der Waals surface area contributed by atoms with Crippen molar-refractivity contribution in [1.82, 2.24) is 5.32 Å². The van der Waals surface area contributed by atoms with Gasteiger partial charge < -0.3 is 19.4 Å². The maximum absolute atomic E-state index is 13.4. The third kappa shape index (κ3) is 49.4. The minimum atomic E-state index is -4.47. The summed E-state index contributed by atoms with van der Waals surface area (Å²) < 4.78 is 30.5. The number of carbonyl (C=O) groups is 2. The maximum atomic E-state index is 13.4. The molecule has 0 aliphatic carbocycles. The van der Waals surface area contributed by atoms with Crippen LogP contribution in [0.25, 0.3) is 0 Å². The number of likely N-dealkylation sites (N-methyl/N-ethyl adjacent to an activating group) is 1. The van der Waals surface area contributed by atoms with Crippen molar-refractivity contribution >= 4 is 19.7 Å². The lowest BCUT2D eigenvalue weighted by atomic mass is 10.1. The number of amides is 1. The lowest BCUT2D eigenvalue weighted by molar-refractivity contribution is -0.870. The fourth-order valence-electron chi connectivity index (χ4n) is 7.10. The molecule has 1 amide bonds. The molecule has 0 aromatic carbocycles. The Morgan fingerprint density at radius 3 is 1.55 bits per heavy atom. The molecule has 0 saturated heterocycles. The lowest BCUT2D eigenvalue weighted by Gasteiger charge is -2.27. The van der Waals surface area contributed by atoms with Gasteiger partial charge in [0.25, 0.3) is 0 Å². The van der Waals surface area contributed by atoms with Crippen LogP contribution in [0.5, 0.6) is 0 Å². The number of hydrogen-bond acceptors (Lipinski definition) is 6. The number of carbonyl (C=O) groups excluding carboxylic acids is 2. The average molecular weight is 982 g/mol. The molecule has 0 heterocycles. The SMILES string of the molecule is CC/C=C/C=C/C=C/CCCCCCCCCC(=O)OC(/C=C/CCCCCCCCCCCC)C(COP(=O)(O)OCC[N+](C)(C)C)NC(=O)CC/C=C/C/C=C/C/C=C/C/C=C/C/C=C/CC. The highest BCUT2D eigenvalue weighted by atomic mass is 31.2. The van der Waals surface area contributed by atoms with Gasteiger partial charge in [-0.15, -0.1) is 0 Å². The zero-order valence-electron chi connectivity index (χ0n) is 44.8. The van der Waals surface area contributed by atoms with Crippen molar-refractivity contribution in [3.05, 3.63) is 109 Å². The number of quaternary nitrogens is 1. The molecule has 0 saturated carbocycles. The molecular weight excluding hydrogens is 880 g/mol. The molecule has 0 fully saturated rings. The first kappa shape index (κ1) is 65.7. The van der Waals surface area contributed by atoms with Crippen LogP contribution in [0.1, 0.15) is 201 Å². The van der Waals surface area contributed by atoms with E-state index < -0.39 is 20.0 Å². The number of allylic oxidation sites excluding steroid dienone is 17. The zero-order valence-corrected chi connectivity index (χ0v) is 45.7. The molecule has 10 heteroatoms. The Hall–Kier alpha value is -3.33. The van der Waals surface area contributed by atoms with E-state index in [0.29, 0.717) is 23.9 Å². The van der Waals surface area contributed by atoms with Crippen molar-refractivity contribution in [3.8, 4) is 0 Å². The van der Waals surface area contributed by atoms with Crippen LogP contribution in [0.15, 0.2) is 109 Å². The highest BCUT2D eigenvalue weighted by molar-refractivity contribution is 7.47. The Morgan fingerprint density at radius 1 is 0.536 bits per heavy atom. The molecule has 0 aromatic heterocycles. The number of rotatable bonds is 47. The highest BCUT2D eigenvalue weighted by Gasteiger charge is 2.30. The maximum Gasteiger partial charge on any atom is 0.472 e. The van der Waals surface area contributed by atoms with E-state index in [-0.39, 0.29) is 37.9 Å². The van der Waals surface area contributed by atoms with Gasteiger partial charge in [0.05, 0.1) is 33.8 Å². The van der Waals surface area contributed by atoms with Crippen molar-refractivity contribution in [3.63, 3.8) is 0 Å². The van der Waals surface area contributed by atoms with Crippen LogP contribution in [0.4, 0.5) is 0 Å². The number of nitrogens with zero attached hydrogens (tertiary/aromatic N) is 1. The first-order valence-electron chi connectivity index (χ1n) is 27.2. The number of nitrogens with one attached hydrogen (secondary N) is 1. The van der Waals surface area contributed by atoms with Gasteiger partial charge in [0, 0.05) is 12.8 Å². The molecule has 3 atom stereocenters. The summed E-state index contributed by atoms with van der Waals surface area (Å²) in [5.74, 6) is -0.626. The van der Waals surface area contributed by atoms with E-state index in [1.807, 2.05) is 45.4 Å². The molecule has 0 radical (unpaired) electrons. The van der Waals surface area contributed by atoms with Gasteiger partial charge in [-0.05, 0) is 83.1 Å². The number of phosphoric ester groups is 1. The van der Waals surface area contributed by atoms with Crippen molar-refractivity contribution in [1.29, 1.82) is 0 Å². The summed E-state index contributed by atoms with van der Waals surface area (Å²) in [4.78, 5) is 37.5. The van der Waals surface area contributed by atoms with Crippen molar-refractivity contribution < 1.29 is 37.3 Å². The number of esters is 1. The quantitative estimate of drug-likeness (QED) is 0.0156. The van der Waals surface area contributed by atoms with Gasteiger partial charge in [0.15, 0.2) is 0 Å². The Kier molecular flexibility index (Phi) is 46.0. The largest absolute Gasteiger partial charge is 0.472 e. The van der Waals surface area contributed by atoms with Gasteiger partial charge in [-0.3, -0.25) is 18.6 Å². The van der Waals surface area contributed by atoms with Crippen LogP contribution < -0.4 is 5.32 Å². The summed E-state index contributed by atoms with van der Waals surface area (Å²) in [6.07, 6.45) is 65.3. The Balaban J connectivity index is 5.54. The first-order valence-corrected chi connectivity index (χ1v) is 28.7. The minimum absolute atomic E-state index is 0.0192. The summed E-state index contributed by atoms with van der Waals surface area (Å²) >= 11 is 0. The van der Waals surface area contributed by atoms with E-state index in [4.69, 9.17) is 13.8 Å². The molecule has 69 heavy (non-hydrogen) atoms. The van der Waals surface area contributed by atoms with E-state index in [0.717, 1.165) is 83.5 Å². The molecule has 2 N–H and O–H groups in total. The van der Waals surface area contributed by atoms with Gasteiger partial charge in [0.1, 0.15) is 19.3 Å². The van der Waals surface area contributed by atoms with Crippen molar-refractivity contribution in [2.75, 3.05) is 40.9 Å². The third-order valence-electron chi connectivity index (χ3n) is 11.3. The molecule has 0 aliphatic rings. The minimum Gasteiger partial charge on any atom is -0.456 e. The number of phosphoric acid groups is 1. The second-order valence-electron chi connectivity index (χ2n) is 19.0. The number of hydrogen-bond donors (Lipinski definition) is 2. The molecular formula is C59H102N2O7P+. The predicted octanol–water partition coefficient (Wildman–Crippen LogP) is 16.2. The van der Waals surface area contributed by atoms with E-state index in [1.165, 1.54) is 70.6 Å². The topological polar surface area (TPSA) is 111 Å². The monoisotopic (exact) mass is 982 g/mol. The summed E-state index contributed by atoms with van der Waals surface area (Å²) in [6.45, 7) is 6.67. The molecule has 0 spiro atoms. The molecule has 0 aromatic rings. The molecule has 0 aliphatic heterocycles. The van der Waals surface area contributed by atoms with Crippen LogP contribution >= 0.6 is 7.82 Å². The predicted molar refractivity (Wildman–Crippen MR) is 295 cm³/mol. The van der Waals surface area contributed by atoms with Gasteiger partial charge in [-0.25, -0.2) is 4.57 Å². The smallest absolute Gasteiger partial charge is 0.456 e.